The van der Waals surface area contributed by atoms with E-state index in [0.29, 0.717) is 11.1 Å². The SMILES string of the molecule is Cl.O=C(c1ccc(C2SCCS2)cc1)N1CCNCC1c1cccnc1. The van der Waals surface area contributed by atoms with Crippen LogP contribution in [0.4, 0.5) is 0 Å². The molecule has 3 heterocycles. The molecule has 2 aliphatic heterocycles. The summed E-state index contributed by atoms with van der Waals surface area (Å²) in [5, 5.41) is 3.39. The van der Waals surface area contributed by atoms with Gasteiger partial charge in [0.15, 0.2) is 0 Å². The van der Waals surface area contributed by atoms with E-state index in [1.807, 2.05) is 58.9 Å². The molecule has 1 N–H and O–H groups in total. The fraction of sp³-hybridized carbons (Fsp3) is 0.368. The summed E-state index contributed by atoms with van der Waals surface area (Å²) >= 11 is 3.98. The van der Waals surface area contributed by atoms with Crippen molar-refractivity contribution in [3.63, 3.8) is 0 Å². The second-order valence-electron chi connectivity index (χ2n) is 6.20. The van der Waals surface area contributed by atoms with Gasteiger partial charge in [-0.3, -0.25) is 9.78 Å². The number of aromatic nitrogens is 1. The summed E-state index contributed by atoms with van der Waals surface area (Å²) in [5.41, 5.74) is 3.17. The summed E-state index contributed by atoms with van der Waals surface area (Å²) in [5.74, 6) is 2.53. The van der Waals surface area contributed by atoms with Crippen LogP contribution in [-0.4, -0.2) is 46.9 Å². The minimum absolute atomic E-state index is 0. The highest BCUT2D eigenvalue weighted by atomic mass is 35.5. The number of piperazine rings is 1. The maximum Gasteiger partial charge on any atom is 0.254 e. The molecule has 1 atom stereocenters. The number of hydrogen-bond donors (Lipinski definition) is 1. The van der Waals surface area contributed by atoms with E-state index >= 15 is 0 Å². The molecule has 2 fully saturated rings. The molecular formula is C19H22ClN3OS2. The van der Waals surface area contributed by atoms with Crippen molar-refractivity contribution in [1.29, 1.82) is 0 Å². The fourth-order valence-corrected chi connectivity index (χ4v) is 6.18. The molecule has 2 saturated heterocycles. The van der Waals surface area contributed by atoms with Gasteiger partial charge in [0.25, 0.3) is 5.91 Å². The number of carbonyl (C=O) groups is 1. The van der Waals surface area contributed by atoms with Crippen LogP contribution in [0.15, 0.2) is 48.8 Å². The Morgan fingerprint density at radius 1 is 1.12 bits per heavy atom. The second kappa shape index (κ2) is 9.13. The van der Waals surface area contributed by atoms with E-state index in [9.17, 15) is 4.79 Å². The first-order valence-corrected chi connectivity index (χ1v) is 10.7. The third-order valence-corrected chi connectivity index (χ3v) is 7.73. The molecule has 1 aromatic heterocycles. The molecule has 0 saturated carbocycles. The minimum atomic E-state index is 0. The normalized spacial score (nSPS) is 20.6. The van der Waals surface area contributed by atoms with Gasteiger partial charge >= 0.3 is 0 Å². The van der Waals surface area contributed by atoms with E-state index in [2.05, 4.69) is 22.4 Å². The Balaban J connectivity index is 0.00000196. The number of hydrogen-bond acceptors (Lipinski definition) is 5. The lowest BCUT2D eigenvalue weighted by Gasteiger charge is -2.36. The highest BCUT2D eigenvalue weighted by Crippen LogP contribution is 2.45. The lowest BCUT2D eigenvalue weighted by atomic mass is 10.0. The van der Waals surface area contributed by atoms with Gasteiger partial charge in [0, 0.05) is 49.1 Å². The quantitative estimate of drug-likeness (QED) is 0.839. The number of thioether (sulfide) groups is 2. The van der Waals surface area contributed by atoms with Crippen molar-refractivity contribution in [1.82, 2.24) is 15.2 Å². The van der Waals surface area contributed by atoms with Gasteiger partial charge in [-0.15, -0.1) is 35.9 Å². The molecule has 2 aromatic rings. The topological polar surface area (TPSA) is 45.2 Å². The standard InChI is InChI=1S/C19H21N3OS2.ClH/c23-18(14-3-5-15(6-4-14)19-24-10-11-25-19)22-9-8-21-13-17(22)16-2-1-7-20-12-16;/h1-7,12,17,19,21H,8-11,13H2;1H. The predicted molar refractivity (Wildman–Crippen MR) is 112 cm³/mol. The summed E-state index contributed by atoms with van der Waals surface area (Å²) in [6, 6.07) is 12.2. The molecular weight excluding hydrogens is 386 g/mol. The Labute approximate surface area is 168 Å². The Morgan fingerprint density at radius 2 is 1.88 bits per heavy atom. The van der Waals surface area contributed by atoms with Crippen LogP contribution in [0.5, 0.6) is 0 Å². The summed E-state index contributed by atoms with van der Waals surface area (Å²) in [6.45, 7) is 2.31. The molecule has 138 valence electrons. The fourth-order valence-electron chi connectivity index (χ4n) is 3.32. The zero-order valence-electron chi connectivity index (χ0n) is 14.3. The zero-order valence-corrected chi connectivity index (χ0v) is 16.8. The van der Waals surface area contributed by atoms with Crippen LogP contribution in [0.25, 0.3) is 0 Å². The number of amides is 1. The highest BCUT2D eigenvalue weighted by molar-refractivity contribution is 8.19. The first-order valence-electron chi connectivity index (χ1n) is 8.58. The van der Waals surface area contributed by atoms with Crippen LogP contribution in [0.2, 0.25) is 0 Å². The average molecular weight is 408 g/mol. The largest absolute Gasteiger partial charge is 0.329 e. The van der Waals surface area contributed by atoms with Gasteiger partial charge in [-0.2, -0.15) is 0 Å². The van der Waals surface area contributed by atoms with Crippen molar-refractivity contribution in [2.24, 2.45) is 0 Å². The molecule has 0 bridgehead atoms. The van der Waals surface area contributed by atoms with Gasteiger partial charge in [-0.05, 0) is 29.3 Å². The summed E-state index contributed by atoms with van der Waals surface area (Å²) in [7, 11) is 0. The van der Waals surface area contributed by atoms with Crippen molar-refractivity contribution in [2.75, 3.05) is 31.1 Å². The highest BCUT2D eigenvalue weighted by Gasteiger charge is 2.29. The lowest BCUT2D eigenvalue weighted by Crippen LogP contribution is -2.48. The van der Waals surface area contributed by atoms with E-state index in [-0.39, 0.29) is 24.4 Å². The van der Waals surface area contributed by atoms with Crippen LogP contribution in [0.1, 0.15) is 32.1 Å². The Bertz CT molecular complexity index is 723. The van der Waals surface area contributed by atoms with Crippen molar-refractivity contribution < 1.29 is 4.79 Å². The van der Waals surface area contributed by atoms with Crippen molar-refractivity contribution >= 4 is 41.8 Å². The molecule has 2 aliphatic rings. The lowest BCUT2D eigenvalue weighted by molar-refractivity contribution is 0.0634. The van der Waals surface area contributed by atoms with Gasteiger partial charge in [-0.1, -0.05) is 18.2 Å². The number of rotatable bonds is 3. The van der Waals surface area contributed by atoms with Crippen LogP contribution < -0.4 is 5.32 Å². The van der Waals surface area contributed by atoms with Gasteiger partial charge in [0.05, 0.1) is 10.6 Å². The number of carbonyl (C=O) groups excluding carboxylic acids is 1. The van der Waals surface area contributed by atoms with Gasteiger partial charge in [0.2, 0.25) is 0 Å². The van der Waals surface area contributed by atoms with Crippen LogP contribution in [0.3, 0.4) is 0 Å². The molecule has 4 rings (SSSR count). The summed E-state index contributed by atoms with van der Waals surface area (Å²) in [4.78, 5) is 19.3. The Hall–Kier alpha value is -1.21. The van der Waals surface area contributed by atoms with Crippen LogP contribution in [-0.2, 0) is 0 Å². The first kappa shape index (κ1) is 19.5. The maximum absolute atomic E-state index is 13.1. The molecule has 0 aliphatic carbocycles. The van der Waals surface area contributed by atoms with E-state index < -0.39 is 0 Å². The average Bonchev–Trinajstić information content (AvgIpc) is 3.23. The van der Waals surface area contributed by atoms with E-state index in [1.165, 1.54) is 17.1 Å². The third kappa shape index (κ3) is 4.19. The maximum atomic E-state index is 13.1. The molecule has 1 aromatic carbocycles. The van der Waals surface area contributed by atoms with Crippen molar-refractivity contribution in [3.05, 3.63) is 65.5 Å². The number of halogens is 1. The smallest absolute Gasteiger partial charge is 0.254 e. The van der Waals surface area contributed by atoms with Gasteiger partial charge in [0.1, 0.15) is 0 Å². The molecule has 0 radical (unpaired) electrons. The summed E-state index contributed by atoms with van der Waals surface area (Å²) < 4.78 is 0.520. The van der Waals surface area contributed by atoms with Crippen LogP contribution >= 0.6 is 35.9 Å². The summed E-state index contributed by atoms with van der Waals surface area (Å²) in [6.07, 6.45) is 3.62. The molecule has 1 unspecified atom stereocenters. The second-order valence-corrected chi connectivity index (χ2v) is 8.92. The number of nitrogens with zero attached hydrogens (tertiary/aromatic N) is 2. The minimum Gasteiger partial charge on any atom is -0.329 e. The number of pyridine rings is 1. The van der Waals surface area contributed by atoms with E-state index in [1.54, 1.807) is 6.20 Å². The zero-order chi connectivity index (χ0) is 17.1. The molecule has 4 nitrogen and oxygen atoms in total. The first-order chi connectivity index (χ1) is 12.3. The van der Waals surface area contributed by atoms with Crippen LogP contribution in [0, 0.1) is 0 Å². The van der Waals surface area contributed by atoms with Gasteiger partial charge < -0.3 is 10.2 Å². The molecule has 7 heteroatoms. The third-order valence-electron chi connectivity index (χ3n) is 4.63. The molecule has 26 heavy (non-hydrogen) atoms. The van der Waals surface area contributed by atoms with Gasteiger partial charge in [-0.25, -0.2) is 0 Å². The Kier molecular flexibility index (Phi) is 6.86. The Morgan fingerprint density at radius 3 is 2.58 bits per heavy atom. The van der Waals surface area contributed by atoms with E-state index in [0.717, 1.165) is 24.2 Å². The predicted octanol–water partition coefficient (Wildman–Crippen LogP) is 3.77. The van der Waals surface area contributed by atoms with Crippen molar-refractivity contribution in [3.8, 4) is 0 Å². The molecule has 1 amide bonds. The van der Waals surface area contributed by atoms with E-state index in [4.69, 9.17) is 0 Å². The molecule has 0 spiro atoms. The monoisotopic (exact) mass is 407 g/mol. The number of nitrogens with one attached hydrogen (secondary N) is 1. The van der Waals surface area contributed by atoms with Crippen molar-refractivity contribution in [2.45, 2.75) is 10.6 Å². The number of benzene rings is 1.